The minimum Gasteiger partial charge on any atom is -0.496 e. The molecule has 1 atom stereocenters. The first-order chi connectivity index (χ1) is 7.20. The zero-order chi connectivity index (χ0) is 11.3. The van der Waals surface area contributed by atoms with Gasteiger partial charge in [-0.05, 0) is 19.9 Å². The van der Waals surface area contributed by atoms with Crippen LogP contribution in [0.4, 0.5) is 0 Å². The van der Waals surface area contributed by atoms with Crippen LogP contribution in [-0.4, -0.2) is 19.5 Å². The third-order valence-corrected chi connectivity index (χ3v) is 2.12. The highest BCUT2D eigenvalue weighted by atomic mass is 16.5. The number of rotatable bonds is 5. The number of carbonyl (C=O) groups excluding carboxylic acids is 1. The number of ether oxygens (including phenoxy) is 2. The highest BCUT2D eigenvalue weighted by molar-refractivity contribution is 5.82. The van der Waals surface area contributed by atoms with E-state index in [1.165, 1.54) is 6.92 Å². The summed E-state index contributed by atoms with van der Waals surface area (Å²) in [7, 11) is 1.59. The fourth-order valence-electron chi connectivity index (χ4n) is 1.48. The zero-order valence-electron chi connectivity index (χ0n) is 9.32. The SMILES string of the molecule is CCOC(C(C)=O)c1ccccc1OC. The number of para-hydroxylation sites is 1. The molecule has 0 N–H and O–H groups in total. The molecule has 82 valence electrons. The van der Waals surface area contributed by atoms with Crippen LogP contribution in [0, 0.1) is 0 Å². The first kappa shape index (κ1) is 11.7. The van der Waals surface area contributed by atoms with E-state index < -0.39 is 6.10 Å². The lowest BCUT2D eigenvalue weighted by Crippen LogP contribution is -2.13. The molecule has 0 amide bonds. The molecule has 0 bridgehead atoms. The van der Waals surface area contributed by atoms with Gasteiger partial charge in [0, 0.05) is 12.2 Å². The molecule has 1 aromatic carbocycles. The summed E-state index contributed by atoms with van der Waals surface area (Å²) in [6, 6.07) is 7.41. The summed E-state index contributed by atoms with van der Waals surface area (Å²) >= 11 is 0. The lowest BCUT2D eigenvalue weighted by molar-refractivity contribution is -0.128. The molecular weight excluding hydrogens is 192 g/mol. The van der Waals surface area contributed by atoms with Gasteiger partial charge in [-0.2, -0.15) is 0 Å². The normalized spacial score (nSPS) is 12.2. The molecule has 0 radical (unpaired) electrons. The number of ketones is 1. The number of methoxy groups -OCH3 is 1. The number of carbonyl (C=O) groups is 1. The fraction of sp³-hybridized carbons (Fsp3) is 0.417. The van der Waals surface area contributed by atoms with Crippen molar-refractivity contribution in [1.29, 1.82) is 0 Å². The van der Waals surface area contributed by atoms with E-state index >= 15 is 0 Å². The van der Waals surface area contributed by atoms with Crippen molar-refractivity contribution in [2.24, 2.45) is 0 Å². The van der Waals surface area contributed by atoms with Crippen LogP contribution in [0.2, 0.25) is 0 Å². The average Bonchev–Trinajstić information content (AvgIpc) is 2.25. The lowest BCUT2D eigenvalue weighted by atomic mass is 10.1. The molecule has 0 saturated carbocycles. The predicted octanol–water partition coefficient (Wildman–Crippen LogP) is 2.36. The van der Waals surface area contributed by atoms with Gasteiger partial charge in [0.1, 0.15) is 11.9 Å². The van der Waals surface area contributed by atoms with E-state index in [9.17, 15) is 4.79 Å². The minimum atomic E-state index is -0.522. The molecular formula is C12H16O3. The van der Waals surface area contributed by atoms with Crippen molar-refractivity contribution < 1.29 is 14.3 Å². The average molecular weight is 208 g/mol. The summed E-state index contributed by atoms with van der Waals surface area (Å²) in [5.41, 5.74) is 0.786. The Hall–Kier alpha value is -1.35. The molecule has 0 aromatic heterocycles. The van der Waals surface area contributed by atoms with Crippen LogP contribution in [0.5, 0.6) is 5.75 Å². The Balaban J connectivity index is 3.04. The van der Waals surface area contributed by atoms with E-state index in [1.807, 2.05) is 31.2 Å². The van der Waals surface area contributed by atoms with Crippen molar-refractivity contribution in [2.75, 3.05) is 13.7 Å². The standard InChI is InChI=1S/C12H16O3/c1-4-15-12(9(2)13)10-7-5-6-8-11(10)14-3/h5-8,12H,4H2,1-3H3. The smallest absolute Gasteiger partial charge is 0.163 e. The molecule has 3 nitrogen and oxygen atoms in total. The van der Waals surface area contributed by atoms with Crippen LogP contribution in [0.3, 0.4) is 0 Å². The third kappa shape index (κ3) is 2.80. The maximum Gasteiger partial charge on any atom is 0.163 e. The van der Waals surface area contributed by atoms with Crippen molar-refractivity contribution in [2.45, 2.75) is 20.0 Å². The van der Waals surface area contributed by atoms with Crippen molar-refractivity contribution in [3.05, 3.63) is 29.8 Å². The van der Waals surface area contributed by atoms with Crippen LogP contribution in [0.25, 0.3) is 0 Å². The number of hydrogen-bond donors (Lipinski definition) is 0. The summed E-state index contributed by atoms with van der Waals surface area (Å²) in [5.74, 6) is 0.674. The van der Waals surface area contributed by atoms with E-state index in [0.29, 0.717) is 12.4 Å². The highest BCUT2D eigenvalue weighted by Gasteiger charge is 2.20. The minimum absolute atomic E-state index is 0.0126. The summed E-state index contributed by atoms with van der Waals surface area (Å²) in [6.07, 6.45) is -0.522. The van der Waals surface area contributed by atoms with Gasteiger partial charge in [0.05, 0.1) is 7.11 Å². The monoisotopic (exact) mass is 208 g/mol. The molecule has 0 heterocycles. The Kier molecular flexibility index (Phi) is 4.31. The predicted molar refractivity (Wildman–Crippen MR) is 58.0 cm³/mol. The molecule has 0 aliphatic carbocycles. The second-order valence-electron chi connectivity index (χ2n) is 3.19. The maximum atomic E-state index is 11.4. The van der Waals surface area contributed by atoms with Crippen LogP contribution < -0.4 is 4.74 Å². The molecule has 0 saturated heterocycles. The van der Waals surface area contributed by atoms with Crippen molar-refractivity contribution in [3.63, 3.8) is 0 Å². The fourth-order valence-corrected chi connectivity index (χ4v) is 1.48. The van der Waals surface area contributed by atoms with Gasteiger partial charge in [0.2, 0.25) is 0 Å². The molecule has 3 heteroatoms. The van der Waals surface area contributed by atoms with Gasteiger partial charge in [-0.1, -0.05) is 18.2 Å². The first-order valence-electron chi connectivity index (χ1n) is 4.95. The van der Waals surface area contributed by atoms with Gasteiger partial charge in [0.15, 0.2) is 5.78 Å². The second kappa shape index (κ2) is 5.51. The Morgan fingerprint density at radius 2 is 2.07 bits per heavy atom. The van der Waals surface area contributed by atoms with Crippen molar-refractivity contribution in [1.82, 2.24) is 0 Å². The molecule has 15 heavy (non-hydrogen) atoms. The van der Waals surface area contributed by atoms with Gasteiger partial charge in [-0.15, -0.1) is 0 Å². The van der Waals surface area contributed by atoms with Crippen LogP contribution in [0.15, 0.2) is 24.3 Å². The number of Topliss-reactive ketones (excluding diaryl/α,β-unsaturated/α-hetero) is 1. The molecule has 0 spiro atoms. The van der Waals surface area contributed by atoms with E-state index in [-0.39, 0.29) is 5.78 Å². The van der Waals surface area contributed by atoms with Crippen molar-refractivity contribution in [3.8, 4) is 5.75 Å². The molecule has 0 aliphatic heterocycles. The van der Waals surface area contributed by atoms with Crippen LogP contribution in [-0.2, 0) is 9.53 Å². The third-order valence-electron chi connectivity index (χ3n) is 2.12. The lowest BCUT2D eigenvalue weighted by Gasteiger charge is -2.16. The Morgan fingerprint density at radius 3 is 2.60 bits per heavy atom. The molecule has 1 unspecified atom stereocenters. The molecule has 0 fully saturated rings. The Morgan fingerprint density at radius 1 is 1.40 bits per heavy atom. The van der Waals surface area contributed by atoms with Gasteiger partial charge in [-0.3, -0.25) is 4.79 Å². The van der Waals surface area contributed by atoms with E-state index in [4.69, 9.17) is 9.47 Å². The van der Waals surface area contributed by atoms with Crippen molar-refractivity contribution >= 4 is 5.78 Å². The Labute approximate surface area is 90.0 Å². The van der Waals surface area contributed by atoms with E-state index in [0.717, 1.165) is 5.56 Å². The summed E-state index contributed by atoms with van der Waals surface area (Å²) in [5, 5.41) is 0. The van der Waals surface area contributed by atoms with Gasteiger partial charge >= 0.3 is 0 Å². The molecule has 1 aromatic rings. The van der Waals surface area contributed by atoms with E-state index in [2.05, 4.69) is 0 Å². The first-order valence-corrected chi connectivity index (χ1v) is 4.95. The number of benzene rings is 1. The maximum absolute atomic E-state index is 11.4. The highest BCUT2D eigenvalue weighted by Crippen LogP contribution is 2.27. The van der Waals surface area contributed by atoms with Gasteiger partial charge in [-0.25, -0.2) is 0 Å². The molecule has 0 aliphatic rings. The largest absolute Gasteiger partial charge is 0.496 e. The second-order valence-corrected chi connectivity index (χ2v) is 3.19. The molecule has 1 rings (SSSR count). The van der Waals surface area contributed by atoms with Gasteiger partial charge < -0.3 is 9.47 Å². The topological polar surface area (TPSA) is 35.5 Å². The number of hydrogen-bond acceptors (Lipinski definition) is 3. The summed E-state index contributed by atoms with van der Waals surface area (Å²) in [6.45, 7) is 3.89. The summed E-state index contributed by atoms with van der Waals surface area (Å²) in [4.78, 5) is 11.4. The Bertz CT molecular complexity index is 333. The van der Waals surface area contributed by atoms with Crippen LogP contribution >= 0.6 is 0 Å². The quantitative estimate of drug-likeness (QED) is 0.745. The summed E-state index contributed by atoms with van der Waals surface area (Å²) < 4.78 is 10.6. The van der Waals surface area contributed by atoms with E-state index in [1.54, 1.807) is 7.11 Å². The zero-order valence-corrected chi connectivity index (χ0v) is 9.32. The van der Waals surface area contributed by atoms with Gasteiger partial charge in [0.25, 0.3) is 0 Å². The van der Waals surface area contributed by atoms with Crippen LogP contribution in [0.1, 0.15) is 25.5 Å².